The number of halogens is 3. The van der Waals surface area contributed by atoms with Gasteiger partial charge < -0.3 is 15.4 Å². The lowest BCUT2D eigenvalue weighted by Gasteiger charge is -2.12. The lowest BCUT2D eigenvalue weighted by atomic mass is 10.1. The molecular formula is C14H20F3N3O. The van der Waals surface area contributed by atoms with E-state index < -0.39 is 11.7 Å². The molecule has 4 nitrogen and oxygen atoms in total. The van der Waals surface area contributed by atoms with E-state index in [2.05, 4.69) is 15.6 Å². The molecule has 0 saturated carbocycles. The molecule has 0 bridgehead atoms. The van der Waals surface area contributed by atoms with Crippen molar-refractivity contribution in [1.29, 1.82) is 0 Å². The number of nitrogens with zero attached hydrogens (tertiary/aromatic N) is 1. The number of rotatable bonds is 6. The predicted molar refractivity (Wildman–Crippen MR) is 76.1 cm³/mol. The van der Waals surface area contributed by atoms with Crippen molar-refractivity contribution in [2.75, 3.05) is 26.8 Å². The number of nitrogens with one attached hydrogen (secondary N) is 2. The number of ether oxygens (including phenoxy) is 1. The summed E-state index contributed by atoms with van der Waals surface area (Å²) < 4.78 is 42.5. The molecule has 7 heteroatoms. The molecule has 0 aliphatic rings. The highest BCUT2D eigenvalue weighted by molar-refractivity contribution is 5.79. The Kier molecular flexibility index (Phi) is 7.01. The lowest BCUT2D eigenvalue weighted by Crippen LogP contribution is -2.38. The number of benzene rings is 1. The van der Waals surface area contributed by atoms with Crippen LogP contribution in [-0.2, 0) is 17.5 Å². The topological polar surface area (TPSA) is 45.6 Å². The molecule has 0 aromatic heterocycles. The van der Waals surface area contributed by atoms with E-state index >= 15 is 0 Å². The van der Waals surface area contributed by atoms with Crippen molar-refractivity contribution in [1.82, 2.24) is 10.6 Å². The second kappa shape index (κ2) is 8.51. The number of guanidine groups is 1. The van der Waals surface area contributed by atoms with Crippen LogP contribution < -0.4 is 10.6 Å². The zero-order valence-corrected chi connectivity index (χ0v) is 12.1. The van der Waals surface area contributed by atoms with Crippen LogP contribution in [0.4, 0.5) is 13.2 Å². The third-order valence-corrected chi connectivity index (χ3v) is 2.71. The van der Waals surface area contributed by atoms with Crippen molar-refractivity contribution in [3.8, 4) is 0 Å². The molecule has 0 heterocycles. The first kappa shape index (κ1) is 17.3. The monoisotopic (exact) mass is 303 g/mol. The van der Waals surface area contributed by atoms with Crippen LogP contribution in [0.15, 0.2) is 29.3 Å². The average molecular weight is 303 g/mol. The van der Waals surface area contributed by atoms with Crippen molar-refractivity contribution in [3.05, 3.63) is 35.4 Å². The van der Waals surface area contributed by atoms with E-state index in [-0.39, 0.29) is 0 Å². The van der Waals surface area contributed by atoms with Gasteiger partial charge in [-0.05, 0) is 24.6 Å². The molecule has 0 spiro atoms. The molecule has 1 aromatic carbocycles. The Morgan fingerprint density at radius 2 is 1.86 bits per heavy atom. The lowest BCUT2D eigenvalue weighted by molar-refractivity contribution is -0.137. The fourth-order valence-electron chi connectivity index (χ4n) is 1.60. The van der Waals surface area contributed by atoms with Crippen LogP contribution in [0.1, 0.15) is 18.1 Å². The second-order valence-corrected chi connectivity index (χ2v) is 4.24. The van der Waals surface area contributed by atoms with Crippen molar-refractivity contribution in [2.24, 2.45) is 4.99 Å². The van der Waals surface area contributed by atoms with Crippen LogP contribution in [0.2, 0.25) is 0 Å². The molecule has 0 aliphatic heterocycles. The highest BCUT2D eigenvalue weighted by Crippen LogP contribution is 2.28. The van der Waals surface area contributed by atoms with E-state index in [1.807, 2.05) is 6.92 Å². The quantitative estimate of drug-likeness (QED) is 0.482. The minimum absolute atomic E-state index is 0.395. The van der Waals surface area contributed by atoms with Gasteiger partial charge in [0.1, 0.15) is 0 Å². The summed E-state index contributed by atoms with van der Waals surface area (Å²) in [5.74, 6) is 0.578. The largest absolute Gasteiger partial charge is 0.416 e. The van der Waals surface area contributed by atoms with Gasteiger partial charge in [0.2, 0.25) is 0 Å². The first-order chi connectivity index (χ1) is 9.97. The van der Waals surface area contributed by atoms with Gasteiger partial charge in [-0.2, -0.15) is 13.2 Å². The highest BCUT2D eigenvalue weighted by atomic mass is 19.4. The summed E-state index contributed by atoms with van der Waals surface area (Å²) in [5, 5.41) is 6.07. The van der Waals surface area contributed by atoms with Gasteiger partial charge in [0.25, 0.3) is 0 Å². The fraction of sp³-hybridized carbons (Fsp3) is 0.500. The summed E-state index contributed by atoms with van der Waals surface area (Å²) in [6, 6.07) is 5.04. The minimum atomic E-state index is -4.30. The van der Waals surface area contributed by atoms with Gasteiger partial charge in [-0.25, -0.2) is 0 Å². The number of alkyl halides is 3. The average Bonchev–Trinajstić information content (AvgIpc) is 2.46. The van der Waals surface area contributed by atoms with Crippen LogP contribution in [0.25, 0.3) is 0 Å². The fourth-order valence-corrected chi connectivity index (χ4v) is 1.60. The Morgan fingerprint density at radius 3 is 2.38 bits per heavy atom. The van der Waals surface area contributed by atoms with E-state index in [4.69, 9.17) is 4.74 Å². The Morgan fingerprint density at radius 1 is 1.19 bits per heavy atom. The Bertz CT molecular complexity index is 444. The van der Waals surface area contributed by atoms with E-state index in [1.165, 1.54) is 12.1 Å². The normalized spacial score (nSPS) is 12.3. The zero-order chi connectivity index (χ0) is 15.7. The maximum atomic E-state index is 12.4. The number of hydrogen-bond acceptors (Lipinski definition) is 2. The second-order valence-electron chi connectivity index (χ2n) is 4.24. The molecule has 0 aliphatic carbocycles. The van der Waals surface area contributed by atoms with E-state index in [9.17, 15) is 13.2 Å². The minimum Gasteiger partial charge on any atom is -0.380 e. The van der Waals surface area contributed by atoms with Gasteiger partial charge in [-0.15, -0.1) is 0 Å². The summed E-state index contributed by atoms with van der Waals surface area (Å²) in [7, 11) is 1.63. The molecule has 0 unspecified atom stereocenters. The first-order valence-corrected chi connectivity index (χ1v) is 6.65. The molecule has 1 aromatic rings. The van der Waals surface area contributed by atoms with Gasteiger partial charge in [0.05, 0.1) is 12.2 Å². The van der Waals surface area contributed by atoms with E-state index in [0.717, 1.165) is 17.7 Å². The summed E-state index contributed by atoms with van der Waals surface area (Å²) in [6.45, 7) is 4.14. The SMILES string of the molecule is CCOCCNC(=NC)NCc1ccc(C(F)(F)F)cc1. The maximum Gasteiger partial charge on any atom is 0.416 e. The number of hydrogen-bond donors (Lipinski definition) is 2. The van der Waals surface area contributed by atoms with E-state index in [1.54, 1.807) is 7.05 Å². The molecule has 0 amide bonds. The smallest absolute Gasteiger partial charge is 0.380 e. The maximum absolute atomic E-state index is 12.4. The Labute approximate surface area is 122 Å². The molecule has 0 fully saturated rings. The van der Waals surface area contributed by atoms with Gasteiger partial charge in [-0.3, -0.25) is 4.99 Å². The summed E-state index contributed by atoms with van der Waals surface area (Å²) >= 11 is 0. The van der Waals surface area contributed by atoms with Crippen molar-refractivity contribution < 1.29 is 17.9 Å². The van der Waals surface area contributed by atoms with Crippen LogP contribution in [0.3, 0.4) is 0 Å². The van der Waals surface area contributed by atoms with Crippen molar-refractivity contribution in [3.63, 3.8) is 0 Å². The van der Waals surface area contributed by atoms with Crippen molar-refractivity contribution in [2.45, 2.75) is 19.6 Å². The first-order valence-electron chi connectivity index (χ1n) is 6.65. The molecule has 118 valence electrons. The van der Waals surface area contributed by atoms with Crippen LogP contribution in [0.5, 0.6) is 0 Å². The number of aliphatic imine (C=N–C) groups is 1. The van der Waals surface area contributed by atoms with Gasteiger partial charge in [-0.1, -0.05) is 12.1 Å². The third kappa shape index (κ3) is 6.48. The standard InChI is InChI=1S/C14H20F3N3O/c1-3-21-9-8-19-13(18-2)20-10-11-4-6-12(7-5-11)14(15,16)17/h4-7H,3,8-10H2,1-2H3,(H2,18,19,20). The van der Waals surface area contributed by atoms with E-state index in [0.29, 0.717) is 32.3 Å². The van der Waals surface area contributed by atoms with Crippen LogP contribution >= 0.6 is 0 Å². The molecular weight excluding hydrogens is 283 g/mol. The zero-order valence-electron chi connectivity index (χ0n) is 12.1. The molecule has 0 atom stereocenters. The van der Waals surface area contributed by atoms with Gasteiger partial charge >= 0.3 is 6.18 Å². The Hall–Kier alpha value is -1.76. The molecule has 0 radical (unpaired) electrons. The molecule has 0 saturated heterocycles. The predicted octanol–water partition coefficient (Wildman–Crippen LogP) is 2.41. The summed E-state index contributed by atoms with van der Waals surface area (Å²) in [4.78, 5) is 4.02. The third-order valence-electron chi connectivity index (χ3n) is 2.71. The molecule has 1 rings (SSSR count). The Balaban J connectivity index is 2.43. The highest BCUT2D eigenvalue weighted by Gasteiger charge is 2.29. The molecule has 21 heavy (non-hydrogen) atoms. The van der Waals surface area contributed by atoms with Gasteiger partial charge in [0.15, 0.2) is 5.96 Å². The van der Waals surface area contributed by atoms with Crippen LogP contribution in [-0.4, -0.2) is 32.8 Å². The van der Waals surface area contributed by atoms with Gasteiger partial charge in [0, 0.05) is 26.7 Å². The summed E-state index contributed by atoms with van der Waals surface area (Å²) in [6.07, 6.45) is -4.30. The molecule has 2 N–H and O–H groups in total. The van der Waals surface area contributed by atoms with Crippen molar-refractivity contribution >= 4 is 5.96 Å². The summed E-state index contributed by atoms with van der Waals surface area (Å²) in [5.41, 5.74) is 0.0984. The van der Waals surface area contributed by atoms with Crippen LogP contribution in [0, 0.1) is 0 Å².